The van der Waals surface area contributed by atoms with E-state index in [-0.39, 0.29) is 23.6 Å². The third kappa shape index (κ3) is 7.65. The summed E-state index contributed by atoms with van der Waals surface area (Å²) >= 11 is 0. The highest BCUT2D eigenvalue weighted by molar-refractivity contribution is 5.97. The topological polar surface area (TPSA) is 128 Å². The molecule has 3 aromatic carbocycles. The molecule has 3 atom stereocenters. The molecule has 0 bridgehead atoms. The van der Waals surface area contributed by atoms with Gasteiger partial charge in [0.2, 0.25) is 5.91 Å². The van der Waals surface area contributed by atoms with Gasteiger partial charge in [0.25, 0.3) is 11.8 Å². The second kappa shape index (κ2) is 14.2. The van der Waals surface area contributed by atoms with E-state index in [1.165, 1.54) is 11.0 Å². The van der Waals surface area contributed by atoms with Gasteiger partial charge < -0.3 is 30.5 Å². The normalized spacial score (nSPS) is 17.0. The van der Waals surface area contributed by atoms with Gasteiger partial charge in [0, 0.05) is 24.2 Å². The van der Waals surface area contributed by atoms with E-state index in [0.29, 0.717) is 37.4 Å². The average Bonchev–Trinajstić information content (AvgIpc) is 3.32. The number of carbonyl (C=O) groups excluding carboxylic acids is 3. The first-order valence-electron chi connectivity index (χ1n) is 15.5. The molecule has 4 N–H and O–H groups in total. The van der Waals surface area contributed by atoms with Crippen LogP contribution in [0.3, 0.4) is 0 Å². The Balaban J connectivity index is 1.58. The van der Waals surface area contributed by atoms with Crippen molar-refractivity contribution < 1.29 is 29.3 Å². The van der Waals surface area contributed by atoms with Crippen molar-refractivity contribution in [3.8, 4) is 11.5 Å². The highest BCUT2D eigenvalue weighted by Crippen LogP contribution is 2.37. The van der Waals surface area contributed by atoms with Crippen LogP contribution in [0.4, 0.5) is 0 Å². The Kier molecular flexibility index (Phi) is 10.5. The lowest BCUT2D eigenvalue weighted by atomic mass is 9.84. The number of nitrogens with zero attached hydrogens (tertiary/aromatic N) is 1. The van der Waals surface area contributed by atoms with Gasteiger partial charge in [-0.3, -0.25) is 14.4 Å². The van der Waals surface area contributed by atoms with Crippen LogP contribution < -0.4 is 15.4 Å². The fourth-order valence-electron chi connectivity index (χ4n) is 6.07. The second-order valence-corrected chi connectivity index (χ2v) is 12.5. The van der Waals surface area contributed by atoms with Crippen LogP contribution in [0, 0.1) is 26.2 Å². The van der Waals surface area contributed by atoms with Gasteiger partial charge >= 0.3 is 0 Å². The van der Waals surface area contributed by atoms with Crippen LogP contribution in [0.5, 0.6) is 11.5 Å². The van der Waals surface area contributed by atoms with Gasteiger partial charge in [0.15, 0.2) is 6.10 Å². The molecule has 0 aliphatic carbocycles. The number of aryl methyl sites for hydroxylation is 2. The van der Waals surface area contributed by atoms with Gasteiger partial charge in [-0.2, -0.15) is 0 Å². The largest absolute Gasteiger partial charge is 0.508 e. The highest BCUT2D eigenvalue weighted by Gasteiger charge is 2.49. The van der Waals surface area contributed by atoms with Crippen molar-refractivity contribution in [2.45, 2.75) is 79.1 Å². The number of phenolic OH excluding ortho intramolecular Hbond substituents is 1. The molecule has 0 radical (unpaired) electrons. The van der Waals surface area contributed by atoms with Gasteiger partial charge in [-0.15, -0.1) is 0 Å². The minimum atomic E-state index is -1.64. The molecule has 0 unspecified atom stereocenters. The number of phenols is 1. The number of rotatable bonds is 11. The Labute approximate surface area is 265 Å². The molecule has 0 aromatic heterocycles. The monoisotopic (exact) mass is 615 g/mol. The predicted molar refractivity (Wildman–Crippen MR) is 173 cm³/mol. The fourth-order valence-corrected chi connectivity index (χ4v) is 6.07. The summed E-state index contributed by atoms with van der Waals surface area (Å²) in [6.07, 6.45) is -0.921. The summed E-state index contributed by atoms with van der Waals surface area (Å²) in [6.45, 7) is 12.5. The van der Waals surface area contributed by atoms with Crippen molar-refractivity contribution in [3.63, 3.8) is 0 Å². The van der Waals surface area contributed by atoms with Gasteiger partial charge in [0.05, 0.1) is 12.6 Å². The fraction of sp³-hybridized carbons (Fsp3) is 0.417. The molecule has 45 heavy (non-hydrogen) atoms. The summed E-state index contributed by atoms with van der Waals surface area (Å²) in [5.74, 6) is -0.796. The molecule has 1 aliphatic heterocycles. The minimum Gasteiger partial charge on any atom is -0.508 e. The molecule has 3 aromatic rings. The number of hydrogen-bond donors (Lipinski definition) is 4. The Hall–Kier alpha value is -4.37. The molecule has 3 amide bonds. The number of hydrogen-bond acceptors (Lipinski definition) is 6. The molecule has 1 saturated heterocycles. The summed E-state index contributed by atoms with van der Waals surface area (Å²) in [4.78, 5) is 42.6. The van der Waals surface area contributed by atoms with Crippen molar-refractivity contribution >= 4 is 17.7 Å². The van der Waals surface area contributed by atoms with Crippen LogP contribution in [0.15, 0.2) is 60.7 Å². The second-order valence-electron chi connectivity index (χ2n) is 12.5. The number of benzene rings is 3. The van der Waals surface area contributed by atoms with E-state index in [9.17, 15) is 24.6 Å². The van der Waals surface area contributed by atoms with Crippen LogP contribution in [-0.4, -0.2) is 64.2 Å². The lowest BCUT2D eigenvalue weighted by molar-refractivity contribution is -0.148. The van der Waals surface area contributed by atoms with E-state index in [4.69, 9.17) is 4.74 Å². The zero-order valence-electron chi connectivity index (χ0n) is 27.0. The summed E-state index contributed by atoms with van der Waals surface area (Å²) in [7, 11) is 0. The Bertz CT molecular complexity index is 1510. The van der Waals surface area contributed by atoms with E-state index < -0.39 is 35.4 Å². The smallest absolute Gasteiger partial charge is 0.254 e. The quantitative estimate of drug-likeness (QED) is 0.254. The molecule has 1 heterocycles. The average molecular weight is 616 g/mol. The number of likely N-dealkylation sites (tertiary alicyclic amines) is 1. The van der Waals surface area contributed by atoms with Crippen LogP contribution in [-0.2, 0) is 22.6 Å². The first kappa shape index (κ1) is 33.5. The van der Waals surface area contributed by atoms with Gasteiger partial charge in [0.1, 0.15) is 17.5 Å². The molecule has 4 rings (SSSR count). The molecule has 1 fully saturated rings. The maximum Gasteiger partial charge on any atom is 0.254 e. The first-order chi connectivity index (χ1) is 21.3. The molecule has 0 saturated carbocycles. The number of aromatic hydroxyl groups is 1. The van der Waals surface area contributed by atoms with Crippen molar-refractivity contribution in [2.75, 3.05) is 13.2 Å². The lowest BCUT2D eigenvalue weighted by Gasteiger charge is -2.34. The summed E-state index contributed by atoms with van der Waals surface area (Å²) in [5, 5.41) is 27.6. The Morgan fingerprint density at radius 3 is 2.29 bits per heavy atom. The highest BCUT2D eigenvalue weighted by atomic mass is 16.5. The van der Waals surface area contributed by atoms with Crippen LogP contribution in [0.1, 0.15) is 65.4 Å². The standard InChI is InChI=1S/C36H45N3O6/c1-7-45-26-16-14-25(15-17-26)20-29(38-33(42)27-12-9-13-30(40)24(27)4)31(41)35(44)39-19-18-36(5,6)32(39)34(43)37-21-28-22(2)10-8-11-23(28)3/h8-17,29,31-32,40-41H,7,18-21H2,1-6H3,(H,37,43)(H,38,42)/t29-,31-,32+/m0/s1. The van der Waals surface area contributed by atoms with E-state index in [1.807, 2.05) is 65.0 Å². The third-order valence-corrected chi connectivity index (χ3v) is 8.85. The number of aliphatic hydroxyl groups is 1. The minimum absolute atomic E-state index is 0.0311. The van der Waals surface area contributed by atoms with Crippen molar-refractivity contribution in [1.29, 1.82) is 0 Å². The summed E-state index contributed by atoms with van der Waals surface area (Å²) in [6, 6.07) is 16.0. The molecular weight excluding hydrogens is 570 g/mol. The Morgan fingerprint density at radius 1 is 1.00 bits per heavy atom. The van der Waals surface area contributed by atoms with E-state index in [2.05, 4.69) is 10.6 Å². The number of aliphatic hydroxyl groups excluding tert-OH is 1. The summed E-state index contributed by atoms with van der Waals surface area (Å²) < 4.78 is 5.54. The zero-order chi connectivity index (χ0) is 32.9. The van der Waals surface area contributed by atoms with Crippen LogP contribution in [0.25, 0.3) is 0 Å². The number of nitrogens with one attached hydrogen (secondary N) is 2. The van der Waals surface area contributed by atoms with Gasteiger partial charge in [-0.25, -0.2) is 0 Å². The van der Waals surface area contributed by atoms with Gasteiger partial charge in [-0.05, 0) is 92.5 Å². The molecule has 1 aliphatic rings. The van der Waals surface area contributed by atoms with Gasteiger partial charge in [-0.1, -0.05) is 50.2 Å². The molecule has 9 heteroatoms. The van der Waals surface area contributed by atoms with Crippen molar-refractivity contribution in [3.05, 3.63) is 94.0 Å². The van der Waals surface area contributed by atoms with Crippen LogP contribution >= 0.6 is 0 Å². The summed E-state index contributed by atoms with van der Waals surface area (Å²) in [5.41, 5.74) is 4.02. The van der Waals surface area contributed by atoms with E-state index in [0.717, 1.165) is 22.3 Å². The Morgan fingerprint density at radius 2 is 1.64 bits per heavy atom. The van der Waals surface area contributed by atoms with E-state index >= 15 is 0 Å². The molecule has 0 spiro atoms. The SMILES string of the molecule is CCOc1ccc(C[C@H](NC(=O)c2cccc(O)c2C)[C@H](O)C(=O)N2CCC(C)(C)[C@H]2C(=O)NCc2c(C)cccc2C)cc1. The number of carbonyl (C=O) groups is 3. The van der Waals surface area contributed by atoms with E-state index in [1.54, 1.807) is 31.2 Å². The number of amides is 3. The third-order valence-electron chi connectivity index (χ3n) is 8.85. The molecule has 240 valence electrons. The molecule has 9 nitrogen and oxygen atoms in total. The maximum absolute atomic E-state index is 14.0. The number of ether oxygens (including phenoxy) is 1. The van der Waals surface area contributed by atoms with Crippen LogP contribution in [0.2, 0.25) is 0 Å². The van der Waals surface area contributed by atoms with Crippen molar-refractivity contribution in [2.24, 2.45) is 5.41 Å². The predicted octanol–water partition coefficient (Wildman–Crippen LogP) is 4.36. The maximum atomic E-state index is 14.0. The first-order valence-corrected chi connectivity index (χ1v) is 15.5. The zero-order valence-corrected chi connectivity index (χ0v) is 27.0. The van der Waals surface area contributed by atoms with Crippen molar-refractivity contribution in [1.82, 2.24) is 15.5 Å². The molecular formula is C36H45N3O6. The lowest BCUT2D eigenvalue weighted by Crippen LogP contribution is -2.57.